The Bertz CT molecular complexity index is 750. The van der Waals surface area contributed by atoms with Gasteiger partial charge in [0.15, 0.2) is 0 Å². The van der Waals surface area contributed by atoms with Crippen molar-refractivity contribution in [2.45, 2.75) is 18.9 Å². The van der Waals surface area contributed by atoms with Crippen molar-refractivity contribution >= 4 is 23.6 Å². The summed E-state index contributed by atoms with van der Waals surface area (Å²) in [7, 11) is 0. The van der Waals surface area contributed by atoms with Crippen molar-refractivity contribution in [1.82, 2.24) is 5.32 Å². The molecule has 2 nitrogen and oxygen atoms in total. The third-order valence-corrected chi connectivity index (χ3v) is 4.12. The van der Waals surface area contributed by atoms with Gasteiger partial charge in [0.1, 0.15) is 0 Å². The van der Waals surface area contributed by atoms with Crippen molar-refractivity contribution in [3.63, 3.8) is 0 Å². The van der Waals surface area contributed by atoms with Gasteiger partial charge in [0.25, 0.3) is 0 Å². The van der Waals surface area contributed by atoms with Gasteiger partial charge < -0.3 is 5.32 Å². The lowest BCUT2D eigenvalue weighted by Gasteiger charge is -2.20. The van der Waals surface area contributed by atoms with Gasteiger partial charge in [-0.15, -0.1) is 0 Å². The topological polar surface area (TPSA) is 24.4 Å². The van der Waals surface area contributed by atoms with Crippen LogP contribution >= 0.6 is 0 Å². The molecule has 2 aliphatic heterocycles. The molecule has 4 rings (SSSR count). The molecule has 0 saturated carbocycles. The van der Waals surface area contributed by atoms with Crippen LogP contribution in [0.25, 0.3) is 11.6 Å². The largest absolute Gasteiger partial charge is 0.378 e. The Balaban J connectivity index is 2.20. The highest BCUT2D eigenvalue weighted by Crippen LogP contribution is 2.31. The summed E-state index contributed by atoms with van der Waals surface area (Å²) < 4.78 is 0. The first-order valence-electron chi connectivity index (χ1n) is 6.31. The summed E-state index contributed by atoms with van der Waals surface area (Å²) in [4.78, 5) is 4.40. The fourth-order valence-corrected chi connectivity index (χ4v) is 3.24. The minimum Gasteiger partial charge on any atom is -0.378 e. The monoisotopic (exact) mass is 234 g/mol. The van der Waals surface area contributed by atoms with Crippen molar-refractivity contribution in [3.05, 3.63) is 52.6 Å². The SMILES string of the molecule is C=C1NC2CCc3ccc4c(c3=C2C1=C)=CC=N4. The number of aryl methyl sites for hydroxylation is 1. The molecule has 0 aromatic heterocycles. The number of benzene rings is 1. The molecule has 1 aromatic rings. The Labute approximate surface area is 106 Å². The molecule has 1 unspecified atom stereocenters. The average Bonchev–Trinajstić information content (AvgIpc) is 2.95. The van der Waals surface area contributed by atoms with Crippen molar-refractivity contribution in [1.29, 1.82) is 0 Å². The fourth-order valence-electron chi connectivity index (χ4n) is 3.24. The zero-order valence-corrected chi connectivity index (χ0v) is 10.2. The molecular formula is C16H14N2. The van der Waals surface area contributed by atoms with Gasteiger partial charge >= 0.3 is 0 Å². The summed E-state index contributed by atoms with van der Waals surface area (Å²) in [6.45, 7) is 8.24. The standard InChI is InChI=1S/C16H14N2/c1-9-10(2)18-14-6-4-11-3-5-13-12(7-8-17-13)16(11)15(9)14/h3,5,7-8,14,18H,1-2,4,6H2. The van der Waals surface area contributed by atoms with Gasteiger partial charge in [-0.1, -0.05) is 19.2 Å². The van der Waals surface area contributed by atoms with E-state index in [0.717, 1.165) is 29.8 Å². The molecule has 88 valence electrons. The Hall–Kier alpha value is -2.09. The maximum atomic E-state index is 4.40. The first-order valence-corrected chi connectivity index (χ1v) is 6.31. The van der Waals surface area contributed by atoms with Gasteiger partial charge in [-0.25, -0.2) is 0 Å². The summed E-state index contributed by atoms with van der Waals surface area (Å²) in [5.74, 6) is 0. The molecule has 3 aliphatic rings. The van der Waals surface area contributed by atoms with Crippen LogP contribution in [0.4, 0.5) is 5.69 Å². The molecule has 1 atom stereocenters. The van der Waals surface area contributed by atoms with Crippen molar-refractivity contribution in [2.24, 2.45) is 4.99 Å². The van der Waals surface area contributed by atoms with Gasteiger partial charge in [-0.2, -0.15) is 0 Å². The predicted octanol–water partition coefficient (Wildman–Crippen LogP) is 1.32. The molecule has 1 aliphatic carbocycles. The van der Waals surface area contributed by atoms with Crippen molar-refractivity contribution in [2.75, 3.05) is 0 Å². The number of rotatable bonds is 0. The Morgan fingerprint density at radius 2 is 2.17 bits per heavy atom. The fraction of sp³-hybridized carbons (Fsp3) is 0.188. The number of hydrogen-bond acceptors (Lipinski definition) is 2. The molecular weight excluding hydrogens is 220 g/mol. The maximum Gasteiger partial charge on any atom is 0.0708 e. The lowest BCUT2D eigenvalue weighted by Crippen LogP contribution is -2.38. The van der Waals surface area contributed by atoms with Crippen LogP contribution in [0.1, 0.15) is 12.0 Å². The maximum absolute atomic E-state index is 4.40. The quantitative estimate of drug-likeness (QED) is 0.719. The van der Waals surface area contributed by atoms with E-state index in [4.69, 9.17) is 0 Å². The first kappa shape index (κ1) is 9.89. The molecule has 2 heteroatoms. The Kier molecular flexibility index (Phi) is 1.77. The van der Waals surface area contributed by atoms with Crippen molar-refractivity contribution < 1.29 is 0 Å². The van der Waals surface area contributed by atoms with E-state index in [1.807, 2.05) is 6.21 Å². The second-order valence-electron chi connectivity index (χ2n) is 5.08. The number of nitrogens with one attached hydrogen (secondary N) is 1. The average molecular weight is 234 g/mol. The van der Waals surface area contributed by atoms with Crippen LogP contribution in [-0.2, 0) is 6.42 Å². The number of hydrogen-bond donors (Lipinski definition) is 1. The molecule has 1 N–H and O–H groups in total. The normalized spacial score (nSPS) is 23.3. The van der Waals surface area contributed by atoms with E-state index < -0.39 is 0 Å². The third kappa shape index (κ3) is 1.10. The number of nitrogens with zero attached hydrogens (tertiary/aromatic N) is 1. The molecule has 1 fully saturated rings. The minimum absolute atomic E-state index is 0.387. The molecule has 0 bridgehead atoms. The third-order valence-electron chi connectivity index (χ3n) is 4.12. The first-order chi connectivity index (χ1) is 8.75. The van der Waals surface area contributed by atoms with Crippen LogP contribution in [0.5, 0.6) is 0 Å². The zero-order chi connectivity index (χ0) is 12.3. The summed E-state index contributed by atoms with van der Waals surface area (Å²) in [5.41, 5.74) is 5.86. The van der Waals surface area contributed by atoms with Gasteiger partial charge in [0.05, 0.1) is 11.7 Å². The smallest absolute Gasteiger partial charge is 0.0708 e. The molecule has 18 heavy (non-hydrogen) atoms. The lowest BCUT2D eigenvalue weighted by atomic mass is 9.87. The molecule has 2 heterocycles. The van der Waals surface area contributed by atoms with Gasteiger partial charge in [0, 0.05) is 17.1 Å². The summed E-state index contributed by atoms with van der Waals surface area (Å²) in [5, 5.41) is 6.05. The van der Waals surface area contributed by atoms with Crippen LogP contribution in [0.15, 0.2) is 41.6 Å². The highest BCUT2D eigenvalue weighted by Gasteiger charge is 2.30. The van der Waals surface area contributed by atoms with E-state index in [1.165, 1.54) is 21.6 Å². The minimum atomic E-state index is 0.387. The van der Waals surface area contributed by atoms with Crippen LogP contribution in [0, 0.1) is 0 Å². The predicted molar refractivity (Wildman–Crippen MR) is 75.2 cm³/mol. The second-order valence-corrected chi connectivity index (χ2v) is 5.08. The van der Waals surface area contributed by atoms with Gasteiger partial charge in [0.2, 0.25) is 0 Å². The lowest BCUT2D eigenvalue weighted by molar-refractivity contribution is 0.648. The van der Waals surface area contributed by atoms with Crippen LogP contribution in [-0.4, -0.2) is 12.3 Å². The van der Waals surface area contributed by atoms with E-state index in [0.29, 0.717) is 6.04 Å². The molecule has 0 radical (unpaired) electrons. The number of aliphatic imine (C=N–C) groups is 1. The van der Waals surface area contributed by atoms with Gasteiger partial charge in [-0.05, 0) is 46.9 Å². The van der Waals surface area contributed by atoms with Crippen LogP contribution in [0.3, 0.4) is 0 Å². The van der Waals surface area contributed by atoms with Crippen LogP contribution < -0.4 is 15.8 Å². The van der Waals surface area contributed by atoms with Crippen molar-refractivity contribution in [3.8, 4) is 0 Å². The van der Waals surface area contributed by atoms with E-state index in [1.54, 1.807) is 0 Å². The molecule has 1 aromatic carbocycles. The van der Waals surface area contributed by atoms with E-state index in [2.05, 4.69) is 41.7 Å². The highest BCUT2D eigenvalue weighted by atomic mass is 15.0. The molecule has 0 amide bonds. The second kappa shape index (κ2) is 3.22. The zero-order valence-electron chi connectivity index (χ0n) is 10.2. The van der Waals surface area contributed by atoms with E-state index >= 15 is 0 Å². The Morgan fingerprint density at radius 3 is 3.06 bits per heavy atom. The molecule has 1 saturated heterocycles. The summed E-state index contributed by atoms with van der Waals surface area (Å²) in [6, 6.07) is 4.72. The highest BCUT2D eigenvalue weighted by molar-refractivity contribution is 5.97. The van der Waals surface area contributed by atoms with E-state index in [-0.39, 0.29) is 0 Å². The van der Waals surface area contributed by atoms with Crippen LogP contribution in [0.2, 0.25) is 0 Å². The number of fused-ring (bicyclic) bond motifs is 4. The Morgan fingerprint density at radius 1 is 1.28 bits per heavy atom. The summed E-state index contributed by atoms with van der Waals surface area (Å²) in [6.07, 6.45) is 6.23. The molecule has 0 spiro atoms. The van der Waals surface area contributed by atoms with Gasteiger partial charge in [-0.3, -0.25) is 4.99 Å². The number of allylic oxidation sites excluding steroid dienone is 1. The summed E-state index contributed by atoms with van der Waals surface area (Å²) >= 11 is 0. The van der Waals surface area contributed by atoms with E-state index in [9.17, 15) is 0 Å².